The second-order valence-electron chi connectivity index (χ2n) is 2.90. The molecule has 88 valence electrons. The molecule has 0 radical (unpaired) electrons. The van der Waals surface area contributed by atoms with Crippen LogP contribution in [0, 0.1) is 11.8 Å². The predicted octanol–water partition coefficient (Wildman–Crippen LogP) is 0.0904. The SMILES string of the molecule is CC#CCNC(=O)NC(=O)CCCC(=O)O. The Morgan fingerprint density at radius 2 is 1.94 bits per heavy atom. The summed E-state index contributed by atoms with van der Waals surface area (Å²) in [5, 5.41) is 12.7. The number of carboxylic acid groups (broad SMARTS) is 1. The number of carboxylic acids is 1. The summed E-state index contributed by atoms with van der Waals surface area (Å²) in [5.41, 5.74) is 0. The minimum atomic E-state index is -0.963. The number of nitrogens with one attached hydrogen (secondary N) is 2. The van der Waals surface area contributed by atoms with E-state index in [-0.39, 0.29) is 25.8 Å². The van der Waals surface area contributed by atoms with Gasteiger partial charge in [-0.3, -0.25) is 14.9 Å². The number of carbonyl (C=O) groups excluding carboxylic acids is 2. The van der Waals surface area contributed by atoms with Crippen LogP contribution in [0.5, 0.6) is 0 Å². The van der Waals surface area contributed by atoms with Gasteiger partial charge in [0, 0.05) is 12.8 Å². The van der Waals surface area contributed by atoms with Gasteiger partial charge in [-0.25, -0.2) is 4.79 Å². The number of urea groups is 1. The van der Waals surface area contributed by atoms with Crippen LogP contribution >= 0.6 is 0 Å². The maximum atomic E-state index is 11.1. The van der Waals surface area contributed by atoms with Crippen molar-refractivity contribution in [2.75, 3.05) is 6.54 Å². The second-order valence-corrected chi connectivity index (χ2v) is 2.90. The Kier molecular flexibility index (Phi) is 7.24. The molecule has 16 heavy (non-hydrogen) atoms. The lowest BCUT2D eigenvalue weighted by molar-refractivity contribution is -0.137. The van der Waals surface area contributed by atoms with Gasteiger partial charge in [-0.2, -0.15) is 0 Å². The van der Waals surface area contributed by atoms with Gasteiger partial charge in [0.05, 0.1) is 6.54 Å². The summed E-state index contributed by atoms with van der Waals surface area (Å²) in [6.45, 7) is 1.81. The molecule has 0 bridgehead atoms. The Morgan fingerprint density at radius 1 is 1.25 bits per heavy atom. The van der Waals surface area contributed by atoms with Crippen LogP contribution < -0.4 is 10.6 Å². The highest BCUT2D eigenvalue weighted by atomic mass is 16.4. The van der Waals surface area contributed by atoms with E-state index in [1.807, 2.05) is 0 Å². The molecule has 0 atom stereocenters. The molecule has 0 aliphatic carbocycles. The molecule has 6 nitrogen and oxygen atoms in total. The van der Waals surface area contributed by atoms with Crippen molar-refractivity contribution in [2.24, 2.45) is 0 Å². The van der Waals surface area contributed by atoms with Crippen molar-refractivity contribution in [1.82, 2.24) is 10.6 Å². The number of amides is 3. The van der Waals surface area contributed by atoms with Crippen LogP contribution in [0.3, 0.4) is 0 Å². The lowest BCUT2D eigenvalue weighted by Crippen LogP contribution is -2.39. The van der Waals surface area contributed by atoms with Gasteiger partial charge in [0.1, 0.15) is 0 Å². The van der Waals surface area contributed by atoms with E-state index in [0.29, 0.717) is 0 Å². The minimum Gasteiger partial charge on any atom is -0.481 e. The molecule has 3 N–H and O–H groups in total. The smallest absolute Gasteiger partial charge is 0.322 e. The molecular formula is C10H14N2O4. The Hall–Kier alpha value is -2.03. The maximum absolute atomic E-state index is 11.1. The summed E-state index contributed by atoms with van der Waals surface area (Å²) in [4.78, 5) is 32.2. The van der Waals surface area contributed by atoms with Gasteiger partial charge in [-0.1, -0.05) is 5.92 Å². The Morgan fingerprint density at radius 3 is 2.50 bits per heavy atom. The van der Waals surface area contributed by atoms with Gasteiger partial charge in [-0.15, -0.1) is 5.92 Å². The zero-order chi connectivity index (χ0) is 12.4. The monoisotopic (exact) mass is 226 g/mol. The fourth-order valence-corrected chi connectivity index (χ4v) is 0.846. The van der Waals surface area contributed by atoms with Crippen LogP contribution in [-0.2, 0) is 9.59 Å². The maximum Gasteiger partial charge on any atom is 0.322 e. The van der Waals surface area contributed by atoms with Gasteiger partial charge in [-0.05, 0) is 13.3 Å². The second kappa shape index (κ2) is 8.29. The summed E-state index contributed by atoms with van der Waals surface area (Å²) >= 11 is 0. The molecule has 0 aliphatic heterocycles. The van der Waals surface area contributed by atoms with E-state index < -0.39 is 17.9 Å². The van der Waals surface area contributed by atoms with Crippen LogP contribution in [0.1, 0.15) is 26.2 Å². The molecule has 6 heteroatoms. The van der Waals surface area contributed by atoms with Crippen molar-refractivity contribution in [1.29, 1.82) is 0 Å². The average Bonchev–Trinajstić information content (AvgIpc) is 2.17. The van der Waals surface area contributed by atoms with E-state index in [4.69, 9.17) is 5.11 Å². The van der Waals surface area contributed by atoms with E-state index in [2.05, 4.69) is 22.5 Å². The lowest BCUT2D eigenvalue weighted by Gasteiger charge is -2.03. The van der Waals surface area contributed by atoms with Crippen LogP contribution in [0.2, 0.25) is 0 Å². The zero-order valence-electron chi connectivity index (χ0n) is 9.00. The number of rotatable bonds is 5. The molecule has 0 aromatic rings. The molecule has 0 aromatic carbocycles. The third kappa shape index (κ3) is 8.56. The van der Waals surface area contributed by atoms with Gasteiger partial charge >= 0.3 is 12.0 Å². The van der Waals surface area contributed by atoms with Crippen LogP contribution in [-0.4, -0.2) is 29.6 Å². The first-order chi connectivity index (χ1) is 7.56. The van der Waals surface area contributed by atoms with E-state index in [9.17, 15) is 14.4 Å². The molecule has 0 unspecified atom stereocenters. The normalized spacial score (nSPS) is 8.56. The first kappa shape index (κ1) is 14.0. The van der Waals surface area contributed by atoms with Crippen molar-refractivity contribution >= 4 is 17.9 Å². The average molecular weight is 226 g/mol. The van der Waals surface area contributed by atoms with Gasteiger partial charge in [0.15, 0.2) is 0 Å². The van der Waals surface area contributed by atoms with E-state index in [0.717, 1.165) is 0 Å². The van der Waals surface area contributed by atoms with E-state index in [1.165, 1.54) is 0 Å². The number of imide groups is 1. The molecule has 3 amide bonds. The van der Waals surface area contributed by atoms with Crippen molar-refractivity contribution in [3.8, 4) is 11.8 Å². The van der Waals surface area contributed by atoms with Crippen molar-refractivity contribution < 1.29 is 19.5 Å². The number of carbonyl (C=O) groups is 3. The molecule has 0 heterocycles. The highest BCUT2D eigenvalue weighted by Gasteiger charge is 2.07. The molecule has 0 saturated carbocycles. The summed E-state index contributed by atoms with van der Waals surface area (Å²) in [5.74, 6) is 3.72. The predicted molar refractivity (Wildman–Crippen MR) is 56.5 cm³/mol. The molecule has 0 aromatic heterocycles. The summed E-state index contributed by atoms with van der Waals surface area (Å²) in [6, 6.07) is -0.622. The van der Waals surface area contributed by atoms with Gasteiger partial charge < -0.3 is 10.4 Å². The molecule has 0 spiro atoms. The molecule has 0 fully saturated rings. The largest absolute Gasteiger partial charge is 0.481 e. The highest BCUT2D eigenvalue weighted by molar-refractivity contribution is 5.94. The van der Waals surface area contributed by atoms with E-state index >= 15 is 0 Å². The molecular weight excluding hydrogens is 212 g/mol. The van der Waals surface area contributed by atoms with Crippen LogP contribution in [0.15, 0.2) is 0 Å². The zero-order valence-corrected chi connectivity index (χ0v) is 9.00. The molecule has 0 saturated heterocycles. The third-order valence-corrected chi connectivity index (χ3v) is 1.56. The summed E-state index contributed by atoms with van der Waals surface area (Å²) < 4.78 is 0. The van der Waals surface area contributed by atoms with Crippen molar-refractivity contribution in [2.45, 2.75) is 26.2 Å². The number of hydrogen-bond donors (Lipinski definition) is 3. The van der Waals surface area contributed by atoms with Crippen molar-refractivity contribution in [3.05, 3.63) is 0 Å². The summed E-state index contributed by atoms with van der Waals surface area (Å²) in [7, 11) is 0. The van der Waals surface area contributed by atoms with Crippen LogP contribution in [0.4, 0.5) is 4.79 Å². The highest BCUT2D eigenvalue weighted by Crippen LogP contribution is 1.94. The first-order valence-corrected chi connectivity index (χ1v) is 4.75. The standard InChI is InChI=1S/C10H14N2O4/c1-2-3-7-11-10(16)12-8(13)5-4-6-9(14)15/h4-7H2,1H3,(H,14,15)(H2,11,12,13,16). The fraction of sp³-hybridized carbons (Fsp3) is 0.500. The number of hydrogen-bond acceptors (Lipinski definition) is 3. The topological polar surface area (TPSA) is 95.5 Å². The van der Waals surface area contributed by atoms with Crippen molar-refractivity contribution in [3.63, 3.8) is 0 Å². The van der Waals surface area contributed by atoms with Gasteiger partial charge in [0.2, 0.25) is 5.91 Å². The van der Waals surface area contributed by atoms with Crippen LogP contribution in [0.25, 0.3) is 0 Å². The molecule has 0 aliphatic rings. The third-order valence-electron chi connectivity index (χ3n) is 1.56. The fourth-order valence-electron chi connectivity index (χ4n) is 0.846. The Labute approximate surface area is 93.4 Å². The van der Waals surface area contributed by atoms with Gasteiger partial charge in [0.25, 0.3) is 0 Å². The molecule has 0 rings (SSSR count). The number of aliphatic carboxylic acids is 1. The first-order valence-electron chi connectivity index (χ1n) is 4.75. The van der Waals surface area contributed by atoms with E-state index in [1.54, 1.807) is 6.92 Å². The Bertz CT molecular complexity index is 327. The summed E-state index contributed by atoms with van der Waals surface area (Å²) in [6.07, 6.45) is 0.138. The minimum absolute atomic E-state index is 0.0131. The Balaban J connectivity index is 3.64. The lowest BCUT2D eigenvalue weighted by atomic mass is 10.2. The quantitative estimate of drug-likeness (QED) is 0.579.